The van der Waals surface area contributed by atoms with Crippen molar-refractivity contribution >= 4 is 17.8 Å². The van der Waals surface area contributed by atoms with Gasteiger partial charge in [-0.15, -0.1) is 10.2 Å². The van der Waals surface area contributed by atoms with Crippen molar-refractivity contribution in [2.45, 2.75) is 31.7 Å². The Bertz CT molecular complexity index is 552. The van der Waals surface area contributed by atoms with E-state index in [-0.39, 0.29) is 6.61 Å². The smallest absolute Gasteiger partial charge is 0.191 e. The zero-order chi connectivity index (χ0) is 14.2. The Morgan fingerprint density at radius 3 is 2.75 bits per heavy atom. The van der Waals surface area contributed by atoms with Crippen molar-refractivity contribution in [3.8, 4) is 0 Å². The van der Waals surface area contributed by atoms with Gasteiger partial charge in [-0.05, 0) is 12.0 Å². The molecule has 4 nitrogen and oxygen atoms in total. The molecule has 0 atom stereocenters. The molecule has 1 aromatic heterocycles. The summed E-state index contributed by atoms with van der Waals surface area (Å²) in [5.41, 5.74) is 1.19. The summed E-state index contributed by atoms with van der Waals surface area (Å²) < 4.78 is 1.99. The Morgan fingerprint density at radius 2 is 2.05 bits per heavy atom. The van der Waals surface area contributed by atoms with Crippen molar-refractivity contribution in [3.63, 3.8) is 0 Å². The lowest BCUT2D eigenvalue weighted by molar-refractivity contribution is 0.263. The van der Waals surface area contributed by atoms with Crippen LogP contribution in [0.1, 0.15) is 24.7 Å². The highest BCUT2D eigenvalue weighted by Gasteiger charge is 2.09. The molecule has 106 valence electrons. The first-order chi connectivity index (χ1) is 9.85. The lowest BCUT2D eigenvalue weighted by Gasteiger charge is -2.05. The van der Waals surface area contributed by atoms with Crippen LogP contribution in [-0.4, -0.2) is 25.6 Å². The molecule has 0 aliphatic heterocycles. The Labute approximate surface area is 123 Å². The van der Waals surface area contributed by atoms with Crippen LogP contribution in [0.3, 0.4) is 0 Å². The molecule has 2 aromatic rings. The SMILES string of the molecule is CCCn1c(CO)nnc1SC/C=C/c1ccccc1. The Hall–Kier alpha value is -1.59. The van der Waals surface area contributed by atoms with E-state index < -0.39 is 0 Å². The maximum atomic E-state index is 9.23. The van der Waals surface area contributed by atoms with Crippen LogP contribution in [0.15, 0.2) is 41.6 Å². The number of aliphatic hydroxyl groups excluding tert-OH is 1. The van der Waals surface area contributed by atoms with Crippen molar-refractivity contribution < 1.29 is 5.11 Å². The number of hydrogen-bond donors (Lipinski definition) is 1. The number of hydrogen-bond acceptors (Lipinski definition) is 4. The zero-order valence-corrected chi connectivity index (χ0v) is 12.4. The summed E-state index contributed by atoms with van der Waals surface area (Å²) in [5.74, 6) is 1.48. The van der Waals surface area contributed by atoms with Crippen LogP contribution in [0.4, 0.5) is 0 Å². The molecule has 1 aromatic carbocycles. The van der Waals surface area contributed by atoms with E-state index in [4.69, 9.17) is 0 Å². The summed E-state index contributed by atoms with van der Waals surface area (Å²) in [5, 5.41) is 18.2. The minimum absolute atomic E-state index is 0.0621. The molecule has 0 aliphatic rings. The maximum absolute atomic E-state index is 9.23. The second kappa shape index (κ2) is 7.87. The second-order valence-corrected chi connectivity index (χ2v) is 5.32. The fourth-order valence-corrected chi connectivity index (χ4v) is 2.65. The number of nitrogens with zero attached hydrogens (tertiary/aromatic N) is 3. The van der Waals surface area contributed by atoms with Gasteiger partial charge in [-0.2, -0.15) is 0 Å². The van der Waals surface area contributed by atoms with Crippen LogP contribution in [0.25, 0.3) is 6.08 Å². The molecule has 0 fully saturated rings. The van der Waals surface area contributed by atoms with E-state index >= 15 is 0 Å². The van der Waals surface area contributed by atoms with Gasteiger partial charge >= 0.3 is 0 Å². The van der Waals surface area contributed by atoms with E-state index in [2.05, 4.69) is 41.4 Å². The molecule has 1 heterocycles. The quantitative estimate of drug-likeness (QED) is 0.796. The number of thioether (sulfide) groups is 1. The summed E-state index contributed by atoms with van der Waals surface area (Å²) in [6.45, 7) is 2.88. The number of rotatable bonds is 7. The average Bonchev–Trinajstić information content (AvgIpc) is 2.87. The van der Waals surface area contributed by atoms with Crippen molar-refractivity contribution in [2.24, 2.45) is 0 Å². The van der Waals surface area contributed by atoms with Crippen LogP contribution in [0.2, 0.25) is 0 Å². The molecule has 2 rings (SSSR count). The van der Waals surface area contributed by atoms with Crippen LogP contribution >= 0.6 is 11.8 Å². The summed E-state index contributed by atoms with van der Waals surface area (Å²) in [7, 11) is 0. The first-order valence-electron chi connectivity index (χ1n) is 6.72. The molecule has 0 amide bonds. The zero-order valence-electron chi connectivity index (χ0n) is 11.6. The monoisotopic (exact) mass is 289 g/mol. The highest BCUT2D eigenvalue weighted by molar-refractivity contribution is 7.99. The van der Waals surface area contributed by atoms with Crippen molar-refractivity contribution in [1.29, 1.82) is 0 Å². The molecule has 0 saturated heterocycles. The van der Waals surface area contributed by atoms with E-state index in [1.165, 1.54) is 5.56 Å². The van der Waals surface area contributed by atoms with Crippen molar-refractivity contribution in [3.05, 3.63) is 47.8 Å². The van der Waals surface area contributed by atoms with Gasteiger partial charge in [0.2, 0.25) is 0 Å². The Balaban J connectivity index is 1.94. The Kier molecular flexibility index (Phi) is 5.83. The highest BCUT2D eigenvalue weighted by Crippen LogP contribution is 2.18. The normalized spacial score (nSPS) is 11.3. The van der Waals surface area contributed by atoms with Gasteiger partial charge < -0.3 is 9.67 Å². The van der Waals surface area contributed by atoms with Gasteiger partial charge in [0.25, 0.3) is 0 Å². The van der Waals surface area contributed by atoms with Crippen LogP contribution in [0.5, 0.6) is 0 Å². The lowest BCUT2D eigenvalue weighted by Crippen LogP contribution is -2.04. The fourth-order valence-electron chi connectivity index (χ4n) is 1.86. The lowest BCUT2D eigenvalue weighted by atomic mass is 10.2. The predicted molar refractivity (Wildman–Crippen MR) is 82.4 cm³/mol. The van der Waals surface area contributed by atoms with Gasteiger partial charge in [0.1, 0.15) is 6.61 Å². The molecule has 0 spiro atoms. The van der Waals surface area contributed by atoms with E-state index in [1.807, 2.05) is 22.8 Å². The van der Waals surface area contributed by atoms with Crippen LogP contribution in [0, 0.1) is 0 Å². The molecule has 5 heteroatoms. The molecule has 20 heavy (non-hydrogen) atoms. The van der Waals surface area contributed by atoms with Gasteiger partial charge in [-0.3, -0.25) is 0 Å². The largest absolute Gasteiger partial charge is 0.388 e. The van der Waals surface area contributed by atoms with Gasteiger partial charge in [0, 0.05) is 12.3 Å². The standard InChI is InChI=1S/C15H19N3OS/c1-2-10-18-14(12-19)16-17-15(18)20-11-6-9-13-7-4-3-5-8-13/h3-9,19H,2,10-12H2,1H3/b9-6+. The predicted octanol–water partition coefficient (Wildman–Crippen LogP) is 2.99. The van der Waals surface area contributed by atoms with E-state index in [1.54, 1.807) is 11.8 Å². The highest BCUT2D eigenvalue weighted by atomic mass is 32.2. The first-order valence-corrected chi connectivity index (χ1v) is 7.71. The summed E-state index contributed by atoms with van der Waals surface area (Å²) in [4.78, 5) is 0. The molecular weight excluding hydrogens is 270 g/mol. The minimum atomic E-state index is -0.0621. The number of aromatic nitrogens is 3. The van der Waals surface area contributed by atoms with Crippen molar-refractivity contribution in [1.82, 2.24) is 14.8 Å². The molecule has 0 saturated carbocycles. The molecule has 0 aliphatic carbocycles. The molecule has 0 bridgehead atoms. The van der Waals surface area contributed by atoms with E-state index in [0.29, 0.717) is 5.82 Å². The van der Waals surface area contributed by atoms with Crippen LogP contribution < -0.4 is 0 Å². The fraction of sp³-hybridized carbons (Fsp3) is 0.333. The summed E-state index contributed by atoms with van der Waals surface area (Å²) in [6.07, 6.45) is 5.21. The van der Waals surface area contributed by atoms with Gasteiger partial charge in [-0.1, -0.05) is 61.2 Å². The van der Waals surface area contributed by atoms with Gasteiger partial charge in [-0.25, -0.2) is 0 Å². The van der Waals surface area contributed by atoms with Gasteiger partial charge in [0.05, 0.1) is 0 Å². The topological polar surface area (TPSA) is 50.9 Å². The number of benzene rings is 1. The van der Waals surface area contributed by atoms with Crippen LogP contribution in [-0.2, 0) is 13.2 Å². The minimum Gasteiger partial charge on any atom is -0.388 e. The molecule has 0 radical (unpaired) electrons. The molecule has 1 N–H and O–H groups in total. The van der Waals surface area contributed by atoms with E-state index in [0.717, 1.165) is 23.9 Å². The summed E-state index contributed by atoms with van der Waals surface area (Å²) >= 11 is 1.63. The third-order valence-electron chi connectivity index (χ3n) is 2.80. The second-order valence-electron chi connectivity index (χ2n) is 4.33. The van der Waals surface area contributed by atoms with Gasteiger partial charge in [0.15, 0.2) is 11.0 Å². The molecular formula is C15H19N3OS. The van der Waals surface area contributed by atoms with E-state index in [9.17, 15) is 5.11 Å². The first kappa shape index (κ1) is 14.8. The number of aliphatic hydroxyl groups is 1. The third-order valence-corrected chi connectivity index (χ3v) is 3.72. The summed E-state index contributed by atoms with van der Waals surface area (Å²) in [6, 6.07) is 10.2. The molecule has 0 unspecified atom stereocenters. The maximum Gasteiger partial charge on any atom is 0.191 e. The van der Waals surface area contributed by atoms with Crippen molar-refractivity contribution in [2.75, 3.05) is 5.75 Å². The average molecular weight is 289 g/mol. The Morgan fingerprint density at radius 1 is 1.25 bits per heavy atom. The third kappa shape index (κ3) is 3.95.